The quantitative estimate of drug-likeness (QED) is 0.191. The Morgan fingerprint density at radius 1 is 1.06 bits per heavy atom. The molecule has 0 fully saturated rings. The van der Waals surface area contributed by atoms with Crippen LogP contribution >= 0.6 is 0 Å². The van der Waals surface area contributed by atoms with Gasteiger partial charge in [-0.25, -0.2) is 9.78 Å². The van der Waals surface area contributed by atoms with Gasteiger partial charge in [0.15, 0.2) is 5.71 Å². The van der Waals surface area contributed by atoms with Crippen molar-refractivity contribution < 1.29 is 14.3 Å². The van der Waals surface area contributed by atoms with E-state index in [0.717, 1.165) is 28.1 Å². The summed E-state index contributed by atoms with van der Waals surface area (Å²) in [4.78, 5) is 16.1. The van der Waals surface area contributed by atoms with Crippen molar-refractivity contribution in [1.29, 1.82) is 5.41 Å². The Morgan fingerprint density at radius 2 is 1.78 bits per heavy atom. The SMILES string of the molecule is Cc1oc(-c2ccccc2)nc1C/C=C/c1cccc(C/C(=N/Nc2ccccc2)C(=N)C(=O)O)c1. The first kappa shape index (κ1) is 24.3. The number of allylic oxidation sites excluding steroid dienone is 1. The van der Waals surface area contributed by atoms with Gasteiger partial charge in [0.1, 0.15) is 5.76 Å². The number of benzene rings is 3. The molecule has 0 atom stereocenters. The van der Waals surface area contributed by atoms with Crippen LogP contribution in [0, 0.1) is 12.3 Å². The zero-order valence-corrected chi connectivity index (χ0v) is 19.8. The number of hydrazone groups is 1. The van der Waals surface area contributed by atoms with Gasteiger partial charge in [-0.05, 0) is 42.3 Å². The highest BCUT2D eigenvalue weighted by molar-refractivity contribution is 6.64. The molecule has 0 aliphatic rings. The van der Waals surface area contributed by atoms with Crippen molar-refractivity contribution in [3.63, 3.8) is 0 Å². The van der Waals surface area contributed by atoms with E-state index in [9.17, 15) is 9.90 Å². The van der Waals surface area contributed by atoms with Crippen LogP contribution in [0.1, 0.15) is 22.6 Å². The van der Waals surface area contributed by atoms with E-state index in [1.165, 1.54) is 0 Å². The molecule has 0 saturated carbocycles. The van der Waals surface area contributed by atoms with E-state index in [1.807, 2.05) is 104 Å². The fraction of sp³-hybridized carbons (Fsp3) is 0.103. The average Bonchev–Trinajstić information content (AvgIpc) is 3.27. The third-order valence-corrected chi connectivity index (χ3v) is 5.45. The first-order chi connectivity index (χ1) is 17.5. The highest BCUT2D eigenvalue weighted by Gasteiger charge is 2.16. The number of rotatable bonds is 10. The van der Waals surface area contributed by atoms with Crippen LogP contribution < -0.4 is 5.43 Å². The summed E-state index contributed by atoms with van der Waals surface area (Å²) in [5, 5.41) is 21.5. The van der Waals surface area contributed by atoms with Crippen molar-refractivity contribution >= 4 is 29.2 Å². The molecular weight excluding hydrogens is 452 g/mol. The highest BCUT2D eigenvalue weighted by atomic mass is 16.4. The van der Waals surface area contributed by atoms with E-state index < -0.39 is 11.7 Å². The third-order valence-electron chi connectivity index (χ3n) is 5.45. The number of carbonyl (C=O) groups is 1. The molecule has 1 aromatic heterocycles. The molecule has 4 rings (SSSR count). The van der Waals surface area contributed by atoms with E-state index in [-0.39, 0.29) is 12.1 Å². The smallest absolute Gasteiger partial charge is 0.355 e. The number of carboxylic acid groups (broad SMARTS) is 1. The van der Waals surface area contributed by atoms with Gasteiger partial charge in [0.2, 0.25) is 5.89 Å². The molecule has 0 amide bonds. The molecule has 0 bridgehead atoms. The molecule has 1 heterocycles. The van der Waals surface area contributed by atoms with Gasteiger partial charge in [-0.1, -0.05) is 72.8 Å². The fourth-order valence-corrected chi connectivity index (χ4v) is 3.58. The second kappa shape index (κ2) is 11.6. The standard InChI is InChI=1S/C29H26N4O3/c1-20-25(31-28(36-20)23-13-4-2-5-14-23)17-9-11-21-10-8-12-22(18-21)19-26(27(30)29(34)35)33-32-24-15-6-3-7-16-24/h2-16,18,30,32H,17,19H2,1H3,(H,34,35)/b11-9+,30-27?,33-26-. The molecule has 0 aliphatic carbocycles. The number of oxazole rings is 1. The average molecular weight is 479 g/mol. The van der Waals surface area contributed by atoms with Gasteiger partial charge in [-0.15, -0.1) is 0 Å². The van der Waals surface area contributed by atoms with Gasteiger partial charge >= 0.3 is 5.97 Å². The summed E-state index contributed by atoms with van der Waals surface area (Å²) < 4.78 is 5.83. The highest BCUT2D eigenvalue weighted by Crippen LogP contribution is 2.22. The molecular formula is C29H26N4O3. The van der Waals surface area contributed by atoms with Crippen LogP contribution in [0.4, 0.5) is 5.69 Å². The lowest BCUT2D eigenvalue weighted by Gasteiger charge is -2.08. The Bertz CT molecular complexity index is 1410. The number of anilines is 1. The second-order valence-corrected chi connectivity index (χ2v) is 8.13. The van der Waals surface area contributed by atoms with Crippen LogP contribution in [0.15, 0.2) is 101 Å². The predicted molar refractivity (Wildman–Crippen MR) is 142 cm³/mol. The molecule has 180 valence electrons. The zero-order valence-electron chi connectivity index (χ0n) is 19.8. The summed E-state index contributed by atoms with van der Waals surface area (Å²) in [5.41, 5.74) is 6.76. The molecule has 0 radical (unpaired) electrons. The van der Waals surface area contributed by atoms with Gasteiger partial charge in [0.05, 0.1) is 17.1 Å². The molecule has 0 spiro atoms. The lowest BCUT2D eigenvalue weighted by molar-refractivity contribution is -0.129. The number of para-hydroxylation sites is 1. The van der Waals surface area contributed by atoms with Crippen LogP contribution in [0.25, 0.3) is 17.5 Å². The summed E-state index contributed by atoms with van der Waals surface area (Å²) >= 11 is 0. The van der Waals surface area contributed by atoms with Gasteiger partial charge < -0.3 is 9.52 Å². The molecule has 7 heteroatoms. The van der Waals surface area contributed by atoms with E-state index in [4.69, 9.17) is 9.83 Å². The van der Waals surface area contributed by atoms with Crippen molar-refractivity contribution in [3.8, 4) is 11.5 Å². The van der Waals surface area contributed by atoms with Gasteiger partial charge in [-0.3, -0.25) is 10.8 Å². The van der Waals surface area contributed by atoms with Crippen molar-refractivity contribution in [2.45, 2.75) is 19.8 Å². The summed E-state index contributed by atoms with van der Waals surface area (Å²) in [6, 6.07) is 26.7. The number of hydrogen-bond acceptors (Lipinski definition) is 6. The maximum atomic E-state index is 11.4. The van der Waals surface area contributed by atoms with Crippen molar-refractivity contribution in [1.82, 2.24) is 4.98 Å². The Labute approximate surface area is 209 Å². The Balaban J connectivity index is 1.46. The minimum atomic E-state index is -1.32. The number of aromatic nitrogens is 1. The lowest BCUT2D eigenvalue weighted by atomic mass is 10.0. The molecule has 0 aliphatic heterocycles. The van der Waals surface area contributed by atoms with Crippen molar-refractivity contribution in [2.75, 3.05) is 5.43 Å². The molecule has 4 aromatic rings. The fourth-order valence-electron chi connectivity index (χ4n) is 3.58. The zero-order chi connectivity index (χ0) is 25.3. The number of hydrogen-bond donors (Lipinski definition) is 3. The first-order valence-electron chi connectivity index (χ1n) is 11.5. The van der Waals surface area contributed by atoms with Crippen LogP contribution in [0.3, 0.4) is 0 Å². The number of aliphatic carboxylic acids is 1. The monoisotopic (exact) mass is 478 g/mol. The predicted octanol–water partition coefficient (Wildman–Crippen LogP) is 6.02. The Hall–Kier alpha value is -4.78. The van der Waals surface area contributed by atoms with Crippen LogP contribution in [0.5, 0.6) is 0 Å². The normalized spacial score (nSPS) is 11.5. The van der Waals surface area contributed by atoms with E-state index >= 15 is 0 Å². The third kappa shape index (κ3) is 6.42. The van der Waals surface area contributed by atoms with Crippen LogP contribution in [0.2, 0.25) is 0 Å². The molecule has 3 aromatic carbocycles. The largest absolute Gasteiger partial charge is 0.476 e. The van der Waals surface area contributed by atoms with E-state index in [1.54, 1.807) is 0 Å². The topological polar surface area (TPSA) is 112 Å². The van der Waals surface area contributed by atoms with Gasteiger partial charge in [-0.2, -0.15) is 5.10 Å². The Kier molecular flexibility index (Phi) is 7.83. The molecule has 3 N–H and O–H groups in total. The maximum absolute atomic E-state index is 11.4. The minimum Gasteiger partial charge on any atom is -0.476 e. The summed E-state index contributed by atoms with van der Waals surface area (Å²) in [5.74, 6) is 0.0685. The van der Waals surface area contributed by atoms with Crippen molar-refractivity contribution in [3.05, 3.63) is 114 Å². The van der Waals surface area contributed by atoms with Crippen LogP contribution in [-0.2, 0) is 17.6 Å². The number of aryl methyl sites for hydroxylation is 1. The summed E-state index contributed by atoms with van der Waals surface area (Å²) in [7, 11) is 0. The number of nitrogens with one attached hydrogen (secondary N) is 2. The summed E-state index contributed by atoms with van der Waals surface area (Å²) in [6.45, 7) is 1.91. The molecule has 0 unspecified atom stereocenters. The maximum Gasteiger partial charge on any atom is 0.355 e. The van der Waals surface area contributed by atoms with Crippen LogP contribution in [-0.4, -0.2) is 27.5 Å². The number of carboxylic acids is 1. The minimum absolute atomic E-state index is 0.138. The van der Waals surface area contributed by atoms with Gasteiger partial charge in [0.25, 0.3) is 0 Å². The van der Waals surface area contributed by atoms with Gasteiger partial charge in [0, 0.05) is 18.4 Å². The molecule has 7 nitrogen and oxygen atoms in total. The first-order valence-corrected chi connectivity index (χ1v) is 11.5. The lowest BCUT2D eigenvalue weighted by Crippen LogP contribution is -2.25. The van der Waals surface area contributed by atoms with Crippen molar-refractivity contribution in [2.24, 2.45) is 5.10 Å². The van der Waals surface area contributed by atoms with E-state index in [0.29, 0.717) is 18.0 Å². The van der Waals surface area contributed by atoms with E-state index in [2.05, 4.69) is 15.5 Å². The Morgan fingerprint density at radius 3 is 2.50 bits per heavy atom. The number of nitrogens with zero attached hydrogens (tertiary/aromatic N) is 2. The molecule has 36 heavy (non-hydrogen) atoms. The second-order valence-electron chi connectivity index (χ2n) is 8.13. The summed E-state index contributed by atoms with van der Waals surface area (Å²) in [6.07, 6.45) is 4.82. The molecule has 0 saturated heterocycles.